The number of hydrogen-bond donors (Lipinski definition) is 0. The van der Waals surface area contributed by atoms with Crippen molar-refractivity contribution in [3.05, 3.63) is 34.1 Å². The van der Waals surface area contributed by atoms with E-state index >= 15 is 0 Å². The van der Waals surface area contributed by atoms with Crippen molar-refractivity contribution in [1.29, 1.82) is 0 Å². The van der Waals surface area contributed by atoms with Gasteiger partial charge >= 0.3 is 0 Å². The molecule has 0 N–H and O–H groups in total. The highest BCUT2D eigenvalue weighted by Crippen LogP contribution is 2.30. The Morgan fingerprint density at radius 3 is 3.21 bits per heavy atom. The van der Waals surface area contributed by atoms with Crippen molar-refractivity contribution in [2.45, 2.75) is 38.6 Å². The molecule has 0 radical (unpaired) electrons. The highest BCUT2D eigenvalue weighted by molar-refractivity contribution is 7.09. The minimum atomic E-state index is 0.351. The molecular formula is C14H19N3OS. The van der Waals surface area contributed by atoms with Gasteiger partial charge in [-0.3, -0.25) is 4.90 Å². The van der Waals surface area contributed by atoms with Crippen molar-refractivity contribution in [3.63, 3.8) is 0 Å². The maximum absolute atomic E-state index is 5.24. The Kier molecular flexibility index (Phi) is 3.94. The second kappa shape index (κ2) is 5.84. The Morgan fingerprint density at radius 1 is 1.53 bits per heavy atom. The SMILES string of the molecule is CCc1nc([C@@H]2CCCN2CCc2cccs2)no1. The molecule has 1 aliphatic heterocycles. The van der Waals surface area contributed by atoms with Crippen LogP contribution in [0.15, 0.2) is 22.0 Å². The largest absolute Gasteiger partial charge is 0.339 e. The van der Waals surface area contributed by atoms with E-state index in [9.17, 15) is 0 Å². The van der Waals surface area contributed by atoms with Crippen LogP contribution in [0.4, 0.5) is 0 Å². The van der Waals surface area contributed by atoms with E-state index in [0.717, 1.165) is 44.1 Å². The Bertz CT molecular complexity index is 509. The van der Waals surface area contributed by atoms with Gasteiger partial charge in [-0.25, -0.2) is 0 Å². The Morgan fingerprint density at radius 2 is 2.47 bits per heavy atom. The topological polar surface area (TPSA) is 42.2 Å². The van der Waals surface area contributed by atoms with Gasteiger partial charge < -0.3 is 4.52 Å². The first-order valence-corrected chi connectivity index (χ1v) is 7.83. The van der Waals surface area contributed by atoms with Crippen molar-refractivity contribution in [2.24, 2.45) is 0 Å². The summed E-state index contributed by atoms with van der Waals surface area (Å²) in [5.41, 5.74) is 0. The van der Waals surface area contributed by atoms with E-state index < -0.39 is 0 Å². The van der Waals surface area contributed by atoms with Crippen molar-refractivity contribution in [3.8, 4) is 0 Å². The van der Waals surface area contributed by atoms with Crippen LogP contribution in [-0.2, 0) is 12.8 Å². The smallest absolute Gasteiger partial charge is 0.226 e. The predicted octanol–water partition coefficient (Wildman–Crippen LogP) is 3.07. The first-order valence-electron chi connectivity index (χ1n) is 6.95. The van der Waals surface area contributed by atoms with Crippen LogP contribution in [0.25, 0.3) is 0 Å². The Labute approximate surface area is 117 Å². The molecule has 0 aliphatic carbocycles. The molecule has 5 heteroatoms. The lowest BCUT2D eigenvalue weighted by Crippen LogP contribution is -2.26. The molecule has 2 aromatic rings. The molecule has 1 fully saturated rings. The van der Waals surface area contributed by atoms with Crippen molar-refractivity contribution in [2.75, 3.05) is 13.1 Å². The number of aryl methyl sites for hydroxylation is 1. The van der Waals surface area contributed by atoms with Gasteiger partial charge in [-0.05, 0) is 37.3 Å². The number of thiophene rings is 1. The summed E-state index contributed by atoms with van der Waals surface area (Å²) in [7, 11) is 0. The molecule has 3 heterocycles. The summed E-state index contributed by atoms with van der Waals surface area (Å²) >= 11 is 1.83. The van der Waals surface area contributed by atoms with Gasteiger partial charge in [0.25, 0.3) is 0 Å². The number of nitrogens with zero attached hydrogens (tertiary/aromatic N) is 3. The minimum Gasteiger partial charge on any atom is -0.339 e. The number of aromatic nitrogens is 2. The first-order chi connectivity index (χ1) is 9.36. The highest BCUT2D eigenvalue weighted by atomic mass is 32.1. The Balaban J connectivity index is 1.64. The molecule has 0 aromatic carbocycles. The quantitative estimate of drug-likeness (QED) is 0.842. The summed E-state index contributed by atoms with van der Waals surface area (Å²) in [6.07, 6.45) is 4.31. The van der Waals surface area contributed by atoms with E-state index in [1.807, 2.05) is 18.3 Å². The molecular weight excluding hydrogens is 258 g/mol. The first kappa shape index (κ1) is 12.8. The van der Waals surface area contributed by atoms with E-state index in [4.69, 9.17) is 4.52 Å². The summed E-state index contributed by atoms with van der Waals surface area (Å²) in [5, 5.41) is 6.28. The van der Waals surface area contributed by atoms with Crippen LogP contribution in [0.2, 0.25) is 0 Å². The number of likely N-dealkylation sites (tertiary alicyclic amines) is 1. The van der Waals surface area contributed by atoms with E-state index in [1.165, 1.54) is 11.3 Å². The zero-order chi connectivity index (χ0) is 13.1. The molecule has 0 saturated carbocycles. The number of rotatable bonds is 5. The molecule has 102 valence electrons. The van der Waals surface area contributed by atoms with Gasteiger partial charge in [-0.2, -0.15) is 4.98 Å². The number of hydrogen-bond acceptors (Lipinski definition) is 5. The fourth-order valence-electron chi connectivity index (χ4n) is 2.64. The maximum atomic E-state index is 5.24. The lowest BCUT2D eigenvalue weighted by Gasteiger charge is -2.21. The van der Waals surface area contributed by atoms with Crippen molar-refractivity contribution < 1.29 is 4.52 Å². The fraction of sp³-hybridized carbons (Fsp3) is 0.571. The molecule has 0 bridgehead atoms. The van der Waals surface area contributed by atoms with Gasteiger partial charge in [0, 0.05) is 17.8 Å². The van der Waals surface area contributed by atoms with Crippen LogP contribution in [-0.4, -0.2) is 28.1 Å². The average molecular weight is 277 g/mol. The molecule has 0 spiro atoms. The zero-order valence-electron chi connectivity index (χ0n) is 11.2. The van der Waals surface area contributed by atoms with Crippen molar-refractivity contribution >= 4 is 11.3 Å². The summed E-state index contributed by atoms with van der Waals surface area (Å²) in [4.78, 5) is 8.43. The van der Waals surface area contributed by atoms with E-state index in [1.54, 1.807) is 0 Å². The third-order valence-corrected chi connectivity index (χ3v) is 4.61. The molecule has 1 atom stereocenters. The van der Waals surface area contributed by atoms with Gasteiger partial charge in [0.2, 0.25) is 5.89 Å². The highest BCUT2D eigenvalue weighted by Gasteiger charge is 2.29. The van der Waals surface area contributed by atoms with Gasteiger partial charge in [-0.1, -0.05) is 18.1 Å². The molecule has 0 amide bonds. The molecule has 3 rings (SSSR count). The summed E-state index contributed by atoms with van der Waals surface area (Å²) in [6.45, 7) is 4.27. The molecule has 1 saturated heterocycles. The molecule has 19 heavy (non-hydrogen) atoms. The standard InChI is InChI=1S/C14H19N3OS/c1-2-13-15-14(16-18-13)12-6-3-8-17(12)9-7-11-5-4-10-19-11/h4-5,10,12H,2-3,6-9H2,1H3/t12-/m0/s1. The van der Waals surface area contributed by atoms with Crippen LogP contribution < -0.4 is 0 Å². The van der Waals surface area contributed by atoms with Crippen LogP contribution in [0.3, 0.4) is 0 Å². The monoisotopic (exact) mass is 277 g/mol. The Hall–Kier alpha value is -1.20. The summed E-state index contributed by atoms with van der Waals surface area (Å²) < 4.78 is 5.24. The predicted molar refractivity (Wildman–Crippen MR) is 75.2 cm³/mol. The lowest BCUT2D eigenvalue weighted by molar-refractivity contribution is 0.245. The second-order valence-corrected chi connectivity index (χ2v) is 5.96. The molecule has 4 nitrogen and oxygen atoms in total. The van der Waals surface area contributed by atoms with Crippen LogP contribution in [0, 0.1) is 0 Å². The fourth-order valence-corrected chi connectivity index (χ4v) is 3.34. The average Bonchev–Trinajstić information content (AvgIpc) is 3.16. The van der Waals surface area contributed by atoms with Gasteiger partial charge in [0.1, 0.15) is 0 Å². The zero-order valence-corrected chi connectivity index (χ0v) is 12.0. The van der Waals surface area contributed by atoms with Gasteiger partial charge in [-0.15, -0.1) is 11.3 Å². The second-order valence-electron chi connectivity index (χ2n) is 4.92. The van der Waals surface area contributed by atoms with Crippen LogP contribution in [0.1, 0.15) is 42.4 Å². The van der Waals surface area contributed by atoms with Crippen molar-refractivity contribution in [1.82, 2.24) is 15.0 Å². The molecule has 0 unspecified atom stereocenters. The normalized spacial score (nSPS) is 20.2. The van der Waals surface area contributed by atoms with Gasteiger partial charge in [0.15, 0.2) is 5.82 Å². The maximum Gasteiger partial charge on any atom is 0.226 e. The van der Waals surface area contributed by atoms with Crippen LogP contribution in [0.5, 0.6) is 0 Å². The molecule has 2 aromatic heterocycles. The minimum absolute atomic E-state index is 0.351. The van der Waals surface area contributed by atoms with E-state index in [0.29, 0.717) is 6.04 Å². The summed E-state index contributed by atoms with van der Waals surface area (Å²) in [5.74, 6) is 1.63. The van der Waals surface area contributed by atoms with Gasteiger partial charge in [0.05, 0.1) is 6.04 Å². The third-order valence-electron chi connectivity index (χ3n) is 3.67. The lowest BCUT2D eigenvalue weighted by atomic mass is 10.2. The van der Waals surface area contributed by atoms with E-state index in [-0.39, 0.29) is 0 Å². The third kappa shape index (κ3) is 2.87. The van der Waals surface area contributed by atoms with E-state index in [2.05, 4.69) is 32.6 Å². The molecule has 1 aliphatic rings. The van der Waals surface area contributed by atoms with Crippen LogP contribution >= 0.6 is 11.3 Å². The summed E-state index contributed by atoms with van der Waals surface area (Å²) in [6, 6.07) is 4.68.